The Labute approximate surface area is 158 Å². The van der Waals surface area contributed by atoms with E-state index >= 15 is 0 Å². The molecule has 2 aromatic rings. The molecule has 5 nitrogen and oxygen atoms in total. The molecule has 0 unspecified atom stereocenters. The zero-order valence-electron chi connectivity index (χ0n) is 12.9. The van der Waals surface area contributed by atoms with Crippen molar-refractivity contribution in [2.75, 3.05) is 7.11 Å². The van der Waals surface area contributed by atoms with E-state index in [1.165, 1.54) is 24.9 Å². The maximum absolute atomic E-state index is 12.1. The van der Waals surface area contributed by atoms with E-state index in [1.54, 1.807) is 36.4 Å². The number of nitrogens with one attached hydrogen (secondary N) is 1. The quantitative estimate of drug-likeness (QED) is 0.746. The van der Waals surface area contributed by atoms with Gasteiger partial charge in [0.15, 0.2) is 16.7 Å². The number of nitrogens with zero attached hydrogens (tertiary/aromatic N) is 1. The van der Waals surface area contributed by atoms with E-state index in [0.717, 1.165) is 5.56 Å². The molecule has 0 bridgehead atoms. The molecule has 0 atom stereocenters. The fourth-order valence-corrected chi connectivity index (χ4v) is 3.22. The lowest BCUT2D eigenvalue weighted by molar-refractivity contribution is -0.115. The standard InChI is InChI=1S/C17H12Cl2N2O3S/c1-24-14-6-9(2-5-13(14)22)7-15-16(23)21-17(25-15)20-10-3-4-11(18)12(19)8-10/h2-8,22H,1H3,(H,20,21,23). The second kappa shape index (κ2) is 7.39. The Balaban J connectivity index is 1.84. The van der Waals surface area contributed by atoms with Crippen molar-refractivity contribution in [2.24, 2.45) is 4.99 Å². The maximum atomic E-state index is 12.1. The molecule has 0 radical (unpaired) electrons. The summed E-state index contributed by atoms with van der Waals surface area (Å²) in [5.74, 6) is 0.119. The summed E-state index contributed by atoms with van der Waals surface area (Å²) in [5, 5.41) is 13.6. The minimum atomic E-state index is -0.254. The molecule has 8 heteroatoms. The molecule has 1 aliphatic rings. The number of hydrogen-bond acceptors (Lipinski definition) is 5. The number of aliphatic imine (C=N–C) groups is 1. The van der Waals surface area contributed by atoms with E-state index in [4.69, 9.17) is 27.9 Å². The van der Waals surface area contributed by atoms with Crippen LogP contribution in [0.25, 0.3) is 6.08 Å². The molecule has 0 aromatic heterocycles. The van der Waals surface area contributed by atoms with Crippen LogP contribution in [0.5, 0.6) is 11.5 Å². The lowest BCUT2D eigenvalue weighted by Gasteiger charge is -2.03. The number of aromatic hydroxyl groups is 1. The average molecular weight is 395 g/mol. The van der Waals surface area contributed by atoms with Crippen LogP contribution in [0.1, 0.15) is 5.56 Å². The van der Waals surface area contributed by atoms with Crippen LogP contribution in [0.3, 0.4) is 0 Å². The van der Waals surface area contributed by atoms with E-state index < -0.39 is 0 Å². The highest BCUT2D eigenvalue weighted by molar-refractivity contribution is 8.18. The van der Waals surface area contributed by atoms with Gasteiger partial charge < -0.3 is 15.2 Å². The van der Waals surface area contributed by atoms with Gasteiger partial charge in [0.25, 0.3) is 5.91 Å². The zero-order valence-corrected chi connectivity index (χ0v) is 15.2. The highest BCUT2D eigenvalue weighted by Gasteiger charge is 2.24. The summed E-state index contributed by atoms with van der Waals surface area (Å²) in [4.78, 5) is 16.9. The number of amidine groups is 1. The third-order valence-electron chi connectivity index (χ3n) is 3.29. The van der Waals surface area contributed by atoms with Crippen molar-refractivity contribution in [3.8, 4) is 11.5 Å². The number of carbonyl (C=O) groups is 1. The predicted octanol–water partition coefficient (Wildman–Crippen LogP) is 4.60. The normalized spacial score (nSPS) is 17.2. The first-order valence-electron chi connectivity index (χ1n) is 7.08. The van der Waals surface area contributed by atoms with Crippen LogP contribution in [0.15, 0.2) is 46.3 Å². The summed E-state index contributed by atoms with van der Waals surface area (Å²) in [7, 11) is 1.46. The molecule has 25 heavy (non-hydrogen) atoms. The lowest BCUT2D eigenvalue weighted by atomic mass is 10.2. The van der Waals surface area contributed by atoms with Crippen LogP contribution >= 0.6 is 35.0 Å². The third kappa shape index (κ3) is 4.10. The fraction of sp³-hybridized carbons (Fsp3) is 0.0588. The number of thioether (sulfide) groups is 1. The topological polar surface area (TPSA) is 70.9 Å². The summed E-state index contributed by atoms with van der Waals surface area (Å²) < 4.78 is 5.06. The minimum absolute atomic E-state index is 0.0371. The van der Waals surface area contributed by atoms with Crippen molar-refractivity contribution in [3.63, 3.8) is 0 Å². The highest BCUT2D eigenvalue weighted by Crippen LogP contribution is 2.32. The summed E-state index contributed by atoms with van der Waals surface area (Å²) >= 11 is 13.1. The fourth-order valence-electron chi connectivity index (χ4n) is 2.09. The molecular weight excluding hydrogens is 383 g/mol. The van der Waals surface area contributed by atoms with E-state index in [9.17, 15) is 9.90 Å². The van der Waals surface area contributed by atoms with E-state index in [0.29, 0.717) is 31.6 Å². The van der Waals surface area contributed by atoms with Crippen LogP contribution in [0.4, 0.5) is 5.69 Å². The van der Waals surface area contributed by atoms with Gasteiger partial charge in [-0.25, -0.2) is 4.99 Å². The number of benzene rings is 2. The highest BCUT2D eigenvalue weighted by atomic mass is 35.5. The Hall–Kier alpha value is -2.15. The predicted molar refractivity (Wildman–Crippen MR) is 102 cm³/mol. The van der Waals surface area contributed by atoms with Crippen LogP contribution in [0, 0.1) is 0 Å². The Morgan fingerprint density at radius 3 is 2.72 bits per heavy atom. The summed E-state index contributed by atoms with van der Waals surface area (Å²) in [6, 6.07) is 9.81. The molecule has 0 saturated carbocycles. The van der Waals surface area contributed by atoms with Crippen molar-refractivity contribution in [3.05, 3.63) is 56.9 Å². The Bertz CT molecular complexity index is 913. The van der Waals surface area contributed by atoms with Gasteiger partial charge in [0.05, 0.1) is 27.7 Å². The third-order valence-corrected chi connectivity index (χ3v) is 4.94. The largest absolute Gasteiger partial charge is 0.504 e. The minimum Gasteiger partial charge on any atom is -0.504 e. The first kappa shape index (κ1) is 17.7. The number of phenolic OH excluding ortho intramolecular Hbond substituents is 1. The molecule has 3 rings (SSSR count). The van der Waals surface area contributed by atoms with Crippen LogP contribution < -0.4 is 10.1 Å². The van der Waals surface area contributed by atoms with Gasteiger partial charge >= 0.3 is 0 Å². The first-order valence-corrected chi connectivity index (χ1v) is 8.65. The number of ether oxygens (including phenoxy) is 1. The number of rotatable bonds is 3. The maximum Gasteiger partial charge on any atom is 0.264 e. The average Bonchev–Trinajstić information content (AvgIpc) is 2.92. The molecule has 1 aliphatic heterocycles. The van der Waals surface area contributed by atoms with Gasteiger partial charge in [-0.2, -0.15) is 0 Å². The Kier molecular flexibility index (Phi) is 5.22. The van der Waals surface area contributed by atoms with Gasteiger partial charge in [-0.1, -0.05) is 29.3 Å². The molecule has 2 aromatic carbocycles. The number of halogens is 2. The lowest BCUT2D eigenvalue weighted by Crippen LogP contribution is -2.19. The summed E-state index contributed by atoms with van der Waals surface area (Å²) in [5.41, 5.74) is 1.31. The molecule has 2 N–H and O–H groups in total. The number of methoxy groups -OCH3 is 1. The van der Waals surface area contributed by atoms with Crippen molar-refractivity contribution < 1.29 is 14.6 Å². The summed E-state index contributed by atoms with van der Waals surface area (Å²) in [6.45, 7) is 0. The van der Waals surface area contributed by atoms with Gasteiger partial charge in [0.1, 0.15) is 0 Å². The second-order valence-electron chi connectivity index (χ2n) is 5.01. The molecule has 1 amide bonds. The Morgan fingerprint density at radius 2 is 2.00 bits per heavy atom. The van der Waals surface area contributed by atoms with Gasteiger partial charge in [0, 0.05) is 0 Å². The number of phenols is 1. The van der Waals surface area contributed by atoms with Crippen molar-refractivity contribution in [2.45, 2.75) is 0 Å². The van der Waals surface area contributed by atoms with Crippen molar-refractivity contribution >= 4 is 57.8 Å². The smallest absolute Gasteiger partial charge is 0.264 e. The Morgan fingerprint density at radius 1 is 1.20 bits per heavy atom. The molecule has 1 fully saturated rings. The van der Waals surface area contributed by atoms with E-state index in [1.807, 2.05) is 0 Å². The van der Waals surface area contributed by atoms with Gasteiger partial charge in [-0.05, 0) is 53.7 Å². The number of amides is 1. The van der Waals surface area contributed by atoms with E-state index in [-0.39, 0.29) is 11.7 Å². The van der Waals surface area contributed by atoms with Gasteiger partial charge in [-0.15, -0.1) is 0 Å². The monoisotopic (exact) mass is 394 g/mol. The molecule has 1 heterocycles. The van der Waals surface area contributed by atoms with Crippen molar-refractivity contribution in [1.82, 2.24) is 5.32 Å². The van der Waals surface area contributed by atoms with Crippen LogP contribution in [-0.4, -0.2) is 23.3 Å². The zero-order chi connectivity index (χ0) is 18.0. The summed E-state index contributed by atoms with van der Waals surface area (Å²) in [6.07, 6.45) is 1.69. The first-order chi connectivity index (χ1) is 12.0. The SMILES string of the molecule is COc1cc(C=C2SC(=Nc3ccc(Cl)c(Cl)c3)NC2=O)ccc1O. The molecule has 0 aliphatic carbocycles. The van der Waals surface area contributed by atoms with Gasteiger partial charge in [0.2, 0.25) is 0 Å². The van der Waals surface area contributed by atoms with Crippen LogP contribution in [0.2, 0.25) is 10.0 Å². The van der Waals surface area contributed by atoms with Crippen molar-refractivity contribution in [1.29, 1.82) is 0 Å². The van der Waals surface area contributed by atoms with Crippen LogP contribution in [-0.2, 0) is 4.79 Å². The molecular formula is C17H12Cl2N2O3S. The van der Waals surface area contributed by atoms with Gasteiger partial charge in [-0.3, -0.25) is 4.79 Å². The molecule has 1 saturated heterocycles. The second-order valence-corrected chi connectivity index (χ2v) is 6.86. The number of hydrogen-bond donors (Lipinski definition) is 2. The molecule has 128 valence electrons. The van der Waals surface area contributed by atoms with E-state index in [2.05, 4.69) is 10.3 Å². The number of carbonyl (C=O) groups excluding carboxylic acids is 1. The molecule has 0 spiro atoms.